The summed E-state index contributed by atoms with van der Waals surface area (Å²) in [6.45, 7) is 5.75. The minimum Gasteiger partial charge on any atom is -0.507 e. The van der Waals surface area contributed by atoms with Crippen LogP contribution in [-0.2, 0) is 0 Å². The van der Waals surface area contributed by atoms with Crippen LogP contribution in [-0.4, -0.2) is 5.11 Å². The van der Waals surface area contributed by atoms with Crippen molar-refractivity contribution in [2.45, 2.75) is 20.8 Å². The minimum absolute atomic E-state index is 0.335. The van der Waals surface area contributed by atoms with E-state index in [0.717, 1.165) is 28.2 Å². The number of aryl methyl sites for hydroxylation is 3. The molecule has 0 atom stereocenters. The largest absolute Gasteiger partial charge is 0.507 e. The first kappa shape index (κ1) is 11.5. The van der Waals surface area contributed by atoms with Gasteiger partial charge in [-0.2, -0.15) is 0 Å². The van der Waals surface area contributed by atoms with Gasteiger partial charge in [-0.15, -0.1) is 0 Å². The van der Waals surface area contributed by atoms with Crippen LogP contribution in [0.2, 0.25) is 0 Å². The molecule has 1 N–H and O–H groups in total. The second-order valence-electron chi connectivity index (χ2n) is 4.27. The van der Waals surface area contributed by atoms with E-state index in [9.17, 15) is 5.11 Å². The van der Waals surface area contributed by atoms with Gasteiger partial charge < -0.3 is 9.84 Å². The lowest BCUT2D eigenvalue weighted by molar-refractivity contribution is 0.455. The Morgan fingerprint density at radius 3 is 2.06 bits per heavy atom. The molecule has 2 aromatic carbocycles. The molecule has 0 radical (unpaired) electrons. The fourth-order valence-corrected chi connectivity index (χ4v) is 1.77. The first-order valence-corrected chi connectivity index (χ1v) is 5.61. The molecule has 0 aliphatic rings. The number of hydrogen-bond acceptors (Lipinski definition) is 2. The van der Waals surface area contributed by atoms with E-state index in [4.69, 9.17) is 4.74 Å². The highest BCUT2D eigenvalue weighted by Gasteiger charge is 2.06. The van der Waals surface area contributed by atoms with Crippen molar-refractivity contribution < 1.29 is 9.84 Å². The maximum atomic E-state index is 9.70. The molecule has 2 heteroatoms. The minimum atomic E-state index is 0.335. The number of benzene rings is 2. The molecular weight excluding hydrogens is 212 g/mol. The Bertz CT molecular complexity index is 521. The van der Waals surface area contributed by atoms with Crippen molar-refractivity contribution in [2.24, 2.45) is 0 Å². The van der Waals surface area contributed by atoms with Crippen LogP contribution in [0.25, 0.3) is 0 Å². The zero-order chi connectivity index (χ0) is 12.4. The third kappa shape index (κ3) is 2.41. The summed E-state index contributed by atoms with van der Waals surface area (Å²) in [5.41, 5.74) is 2.75. The highest BCUT2D eigenvalue weighted by molar-refractivity contribution is 5.47. The van der Waals surface area contributed by atoms with E-state index in [1.54, 1.807) is 0 Å². The van der Waals surface area contributed by atoms with Gasteiger partial charge in [-0.25, -0.2) is 0 Å². The third-order valence-corrected chi connectivity index (χ3v) is 2.79. The zero-order valence-corrected chi connectivity index (χ0v) is 10.3. The van der Waals surface area contributed by atoms with Crippen LogP contribution in [0.15, 0.2) is 36.4 Å². The number of para-hydroxylation sites is 1. The van der Waals surface area contributed by atoms with Crippen molar-refractivity contribution in [3.05, 3.63) is 53.1 Å². The molecule has 2 nitrogen and oxygen atoms in total. The van der Waals surface area contributed by atoms with Crippen molar-refractivity contribution in [3.63, 3.8) is 0 Å². The monoisotopic (exact) mass is 228 g/mol. The Morgan fingerprint density at radius 2 is 1.47 bits per heavy atom. The molecule has 0 heterocycles. The molecule has 0 unspecified atom stereocenters. The topological polar surface area (TPSA) is 29.5 Å². The van der Waals surface area contributed by atoms with E-state index in [-0.39, 0.29) is 0 Å². The molecule has 0 aromatic heterocycles. The maximum absolute atomic E-state index is 9.70. The predicted molar refractivity (Wildman–Crippen MR) is 68.8 cm³/mol. The predicted octanol–water partition coefficient (Wildman–Crippen LogP) is 4.11. The molecule has 0 spiro atoms. The number of phenolic OH excluding ortho intramolecular Hbond substituents is 1. The third-order valence-electron chi connectivity index (χ3n) is 2.79. The van der Waals surface area contributed by atoms with Crippen molar-refractivity contribution in [1.82, 2.24) is 0 Å². The summed E-state index contributed by atoms with van der Waals surface area (Å²) in [6, 6.07) is 11.6. The molecule has 0 aliphatic carbocycles. The van der Waals surface area contributed by atoms with Gasteiger partial charge in [0.25, 0.3) is 0 Å². The van der Waals surface area contributed by atoms with E-state index >= 15 is 0 Å². The Hall–Kier alpha value is -1.96. The smallest absolute Gasteiger partial charge is 0.130 e. The first-order chi connectivity index (χ1) is 8.08. The molecule has 0 aliphatic heterocycles. The molecule has 0 saturated heterocycles. The molecule has 2 aromatic rings. The van der Waals surface area contributed by atoms with Crippen molar-refractivity contribution in [3.8, 4) is 17.2 Å². The van der Waals surface area contributed by atoms with Crippen molar-refractivity contribution in [2.75, 3.05) is 0 Å². The molecule has 0 saturated carbocycles. The highest BCUT2D eigenvalue weighted by Crippen LogP contribution is 2.31. The lowest BCUT2D eigenvalue weighted by atomic mass is 10.1. The average molecular weight is 228 g/mol. The van der Waals surface area contributed by atoms with Gasteiger partial charge in [0.05, 0.1) is 0 Å². The average Bonchev–Trinajstić information content (AvgIpc) is 2.29. The standard InChI is InChI=1S/C15H16O2/c1-10-6-4-5-7-14(10)17-13-8-11(2)15(16)12(3)9-13/h4-9,16H,1-3H3. The molecular formula is C15H16O2. The number of hydrogen-bond donors (Lipinski definition) is 1. The number of aromatic hydroxyl groups is 1. The lowest BCUT2D eigenvalue weighted by Crippen LogP contribution is -1.89. The van der Waals surface area contributed by atoms with E-state index in [1.165, 1.54) is 0 Å². The Morgan fingerprint density at radius 1 is 0.882 bits per heavy atom. The van der Waals surface area contributed by atoms with Gasteiger partial charge in [0.1, 0.15) is 17.2 Å². The first-order valence-electron chi connectivity index (χ1n) is 5.61. The Balaban J connectivity index is 2.34. The fourth-order valence-electron chi connectivity index (χ4n) is 1.77. The van der Waals surface area contributed by atoms with Crippen LogP contribution in [0.5, 0.6) is 17.2 Å². The van der Waals surface area contributed by atoms with Gasteiger partial charge in [0, 0.05) is 0 Å². The van der Waals surface area contributed by atoms with Crippen LogP contribution in [0.4, 0.5) is 0 Å². The number of phenols is 1. The lowest BCUT2D eigenvalue weighted by Gasteiger charge is -2.11. The van der Waals surface area contributed by atoms with Crippen molar-refractivity contribution >= 4 is 0 Å². The SMILES string of the molecule is Cc1ccccc1Oc1cc(C)c(O)c(C)c1. The Kier molecular flexibility index (Phi) is 3.05. The van der Waals surface area contributed by atoms with Crippen LogP contribution in [0.1, 0.15) is 16.7 Å². The second-order valence-corrected chi connectivity index (χ2v) is 4.27. The molecule has 0 bridgehead atoms. The van der Waals surface area contributed by atoms with Gasteiger partial charge in [-0.3, -0.25) is 0 Å². The van der Waals surface area contributed by atoms with Crippen molar-refractivity contribution in [1.29, 1.82) is 0 Å². The highest BCUT2D eigenvalue weighted by atomic mass is 16.5. The van der Waals surface area contributed by atoms with E-state index in [0.29, 0.717) is 5.75 Å². The molecule has 0 amide bonds. The molecule has 17 heavy (non-hydrogen) atoms. The summed E-state index contributed by atoms with van der Waals surface area (Å²) >= 11 is 0. The molecule has 88 valence electrons. The summed E-state index contributed by atoms with van der Waals surface area (Å²) in [7, 11) is 0. The summed E-state index contributed by atoms with van der Waals surface area (Å²) in [6.07, 6.45) is 0. The van der Waals surface area contributed by atoms with Gasteiger partial charge in [-0.05, 0) is 55.7 Å². The molecule has 0 fully saturated rings. The van der Waals surface area contributed by atoms with E-state index in [2.05, 4.69) is 0 Å². The summed E-state index contributed by atoms with van der Waals surface area (Å²) in [4.78, 5) is 0. The van der Waals surface area contributed by atoms with Gasteiger partial charge in [0.15, 0.2) is 0 Å². The fraction of sp³-hybridized carbons (Fsp3) is 0.200. The second kappa shape index (κ2) is 4.50. The maximum Gasteiger partial charge on any atom is 0.130 e. The van der Waals surface area contributed by atoms with Crippen LogP contribution in [0.3, 0.4) is 0 Å². The normalized spacial score (nSPS) is 10.3. The summed E-state index contributed by atoms with van der Waals surface area (Å²) in [5, 5.41) is 9.70. The molecule has 2 rings (SSSR count). The van der Waals surface area contributed by atoms with Crippen LogP contribution < -0.4 is 4.74 Å². The quantitative estimate of drug-likeness (QED) is 0.838. The van der Waals surface area contributed by atoms with Crippen LogP contribution >= 0.6 is 0 Å². The van der Waals surface area contributed by atoms with Gasteiger partial charge in [0.2, 0.25) is 0 Å². The Labute approximate surface area is 101 Å². The van der Waals surface area contributed by atoms with E-state index < -0.39 is 0 Å². The van der Waals surface area contributed by atoms with E-state index in [1.807, 2.05) is 57.2 Å². The van der Waals surface area contributed by atoms with Gasteiger partial charge >= 0.3 is 0 Å². The number of rotatable bonds is 2. The summed E-state index contributed by atoms with van der Waals surface area (Å²) in [5.74, 6) is 1.94. The number of ether oxygens (including phenoxy) is 1. The van der Waals surface area contributed by atoms with Crippen LogP contribution in [0, 0.1) is 20.8 Å². The zero-order valence-electron chi connectivity index (χ0n) is 10.3. The summed E-state index contributed by atoms with van der Waals surface area (Å²) < 4.78 is 5.81. The van der Waals surface area contributed by atoms with Gasteiger partial charge in [-0.1, -0.05) is 18.2 Å².